The highest BCUT2D eigenvalue weighted by molar-refractivity contribution is 6.04. The molecule has 2 aromatic heterocycles. The summed E-state index contributed by atoms with van der Waals surface area (Å²) < 4.78 is 15.8. The molecule has 134 valence electrons. The zero-order chi connectivity index (χ0) is 18.5. The summed E-state index contributed by atoms with van der Waals surface area (Å²) in [5.41, 5.74) is 1.16. The van der Waals surface area contributed by atoms with Gasteiger partial charge in [0.15, 0.2) is 0 Å². The molecule has 0 atom stereocenters. The quantitative estimate of drug-likeness (QED) is 0.737. The monoisotopic (exact) mass is 353 g/mol. The maximum atomic E-state index is 14.3. The van der Waals surface area contributed by atoms with Crippen LogP contribution in [-0.4, -0.2) is 33.5 Å². The van der Waals surface area contributed by atoms with Crippen LogP contribution in [0, 0.1) is 5.82 Å². The number of aromatic nitrogens is 3. The molecule has 0 unspecified atom stereocenters. The second kappa shape index (κ2) is 7.77. The zero-order valence-electron chi connectivity index (χ0n) is 14.7. The van der Waals surface area contributed by atoms with E-state index in [9.17, 15) is 9.18 Å². The highest BCUT2D eigenvalue weighted by Crippen LogP contribution is 2.19. The third kappa shape index (κ3) is 3.72. The number of carbonyl (C=O) groups is 1. The summed E-state index contributed by atoms with van der Waals surface area (Å²) in [4.78, 5) is 22.7. The standard InChI is InChI=1S/C19H20FN5O/c1-3-24(4-2)18-8-5-14(12-22-18)19(26)23-15-6-7-17(16(20)11-15)25-10-9-21-13-25/h5-13H,3-4H2,1-2H3,(H,23,26). The molecule has 0 radical (unpaired) electrons. The Balaban J connectivity index is 1.73. The van der Waals surface area contributed by atoms with Gasteiger partial charge < -0.3 is 14.8 Å². The van der Waals surface area contributed by atoms with E-state index in [0.717, 1.165) is 18.9 Å². The number of halogens is 1. The Kier molecular flexibility index (Phi) is 5.26. The summed E-state index contributed by atoms with van der Waals surface area (Å²) in [5.74, 6) is 0.0384. The maximum absolute atomic E-state index is 14.3. The number of benzene rings is 1. The summed E-state index contributed by atoms with van der Waals surface area (Å²) >= 11 is 0. The topological polar surface area (TPSA) is 63.1 Å². The molecule has 0 saturated carbocycles. The molecular weight excluding hydrogens is 333 g/mol. The first-order valence-electron chi connectivity index (χ1n) is 8.42. The summed E-state index contributed by atoms with van der Waals surface area (Å²) in [6.45, 7) is 5.79. The van der Waals surface area contributed by atoms with Crippen LogP contribution >= 0.6 is 0 Å². The summed E-state index contributed by atoms with van der Waals surface area (Å²) in [6, 6.07) is 8.05. The molecule has 0 saturated heterocycles. The molecule has 1 N–H and O–H groups in total. The van der Waals surface area contributed by atoms with Crippen LogP contribution in [0.2, 0.25) is 0 Å². The number of anilines is 2. The number of nitrogens with zero attached hydrogens (tertiary/aromatic N) is 4. The van der Waals surface area contributed by atoms with E-state index in [1.54, 1.807) is 35.2 Å². The highest BCUT2D eigenvalue weighted by Gasteiger charge is 2.11. The molecular formula is C19H20FN5O. The van der Waals surface area contributed by atoms with Gasteiger partial charge in [-0.2, -0.15) is 0 Å². The number of carbonyl (C=O) groups excluding carboxylic acids is 1. The van der Waals surface area contributed by atoms with Gasteiger partial charge in [-0.1, -0.05) is 0 Å². The number of hydrogen-bond acceptors (Lipinski definition) is 4. The van der Waals surface area contributed by atoms with Crippen LogP contribution in [-0.2, 0) is 0 Å². The van der Waals surface area contributed by atoms with E-state index in [2.05, 4.69) is 20.2 Å². The number of imidazole rings is 1. The molecule has 6 nitrogen and oxygen atoms in total. The molecule has 0 aliphatic rings. The minimum atomic E-state index is -0.448. The Hall–Kier alpha value is -3.22. The minimum Gasteiger partial charge on any atom is -0.357 e. The average Bonchev–Trinajstić information content (AvgIpc) is 3.18. The van der Waals surface area contributed by atoms with Crippen LogP contribution in [0.3, 0.4) is 0 Å². The molecule has 7 heteroatoms. The number of pyridine rings is 1. The zero-order valence-corrected chi connectivity index (χ0v) is 14.7. The van der Waals surface area contributed by atoms with Crippen molar-refractivity contribution in [3.63, 3.8) is 0 Å². The normalized spacial score (nSPS) is 10.6. The average molecular weight is 353 g/mol. The van der Waals surface area contributed by atoms with Crippen molar-refractivity contribution in [2.24, 2.45) is 0 Å². The lowest BCUT2D eigenvalue weighted by Crippen LogP contribution is -2.23. The second-order valence-corrected chi connectivity index (χ2v) is 5.67. The maximum Gasteiger partial charge on any atom is 0.257 e. The Morgan fingerprint density at radius 3 is 2.62 bits per heavy atom. The lowest BCUT2D eigenvalue weighted by molar-refractivity contribution is 0.102. The van der Waals surface area contributed by atoms with Crippen molar-refractivity contribution in [2.75, 3.05) is 23.3 Å². The van der Waals surface area contributed by atoms with E-state index in [1.165, 1.54) is 18.6 Å². The van der Waals surface area contributed by atoms with Crippen molar-refractivity contribution in [2.45, 2.75) is 13.8 Å². The first-order valence-corrected chi connectivity index (χ1v) is 8.42. The predicted molar refractivity (Wildman–Crippen MR) is 99.3 cm³/mol. The number of hydrogen-bond donors (Lipinski definition) is 1. The van der Waals surface area contributed by atoms with Gasteiger partial charge in [0, 0.05) is 37.4 Å². The van der Waals surface area contributed by atoms with E-state index in [1.807, 2.05) is 19.9 Å². The summed E-state index contributed by atoms with van der Waals surface area (Å²) in [5, 5.41) is 2.69. The van der Waals surface area contributed by atoms with Crippen molar-refractivity contribution in [3.8, 4) is 5.69 Å². The third-order valence-electron chi connectivity index (χ3n) is 4.09. The van der Waals surface area contributed by atoms with Crippen LogP contribution in [0.1, 0.15) is 24.2 Å². The van der Waals surface area contributed by atoms with E-state index >= 15 is 0 Å². The Labute approximate surface area is 151 Å². The van der Waals surface area contributed by atoms with Crippen molar-refractivity contribution >= 4 is 17.4 Å². The number of amides is 1. The third-order valence-corrected chi connectivity index (χ3v) is 4.09. The van der Waals surface area contributed by atoms with E-state index in [0.29, 0.717) is 16.9 Å². The van der Waals surface area contributed by atoms with Gasteiger partial charge in [-0.3, -0.25) is 4.79 Å². The smallest absolute Gasteiger partial charge is 0.257 e. The molecule has 0 aliphatic heterocycles. The van der Waals surface area contributed by atoms with Crippen LogP contribution in [0.5, 0.6) is 0 Å². The molecule has 0 aliphatic carbocycles. The Bertz CT molecular complexity index is 873. The van der Waals surface area contributed by atoms with E-state index < -0.39 is 5.82 Å². The van der Waals surface area contributed by atoms with Gasteiger partial charge in [-0.15, -0.1) is 0 Å². The van der Waals surface area contributed by atoms with Crippen LogP contribution in [0.4, 0.5) is 15.9 Å². The predicted octanol–water partition coefficient (Wildman–Crippen LogP) is 3.50. The molecule has 2 heterocycles. The molecule has 1 aromatic carbocycles. The fraction of sp³-hybridized carbons (Fsp3) is 0.211. The second-order valence-electron chi connectivity index (χ2n) is 5.67. The lowest BCUT2D eigenvalue weighted by atomic mass is 10.2. The van der Waals surface area contributed by atoms with Crippen LogP contribution < -0.4 is 10.2 Å². The first kappa shape index (κ1) is 17.6. The van der Waals surface area contributed by atoms with Gasteiger partial charge >= 0.3 is 0 Å². The van der Waals surface area contributed by atoms with Crippen molar-refractivity contribution < 1.29 is 9.18 Å². The molecule has 26 heavy (non-hydrogen) atoms. The number of rotatable bonds is 6. The summed E-state index contributed by atoms with van der Waals surface area (Å²) in [6.07, 6.45) is 6.27. The van der Waals surface area contributed by atoms with Crippen molar-refractivity contribution in [3.05, 3.63) is 66.6 Å². The van der Waals surface area contributed by atoms with Crippen molar-refractivity contribution in [1.29, 1.82) is 0 Å². The van der Waals surface area contributed by atoms with Crippen LogP contribution in [0.25, 0.3) is 5.69 Å². The van der Waals surface area contributed by atoms with E-state index in [4.69, 9.17) is 0 Å². The largest absolute Gasteiger partial charge is 0.357 e. The van der Waals surface area contributed by atoms with Gasteiger partial charge in [-0.25, -0.2) is 14.4 Å². The van der Waals surface area contributed by atoms with Gasteiger partial charge in [0.25, 0.3) is 5.91 Å². The van der Waals surface area contributed by atoms with E-state index in [-0.39, 0.29) is 5.91 Å². The SMILES string of the molecule is CCN(CC)c1ccc(C(=O)Nc2ccc(-n3ccnc3)c(F)c2)cn1. The highest BCUT2D eigenvalue weighted by atomic mass is 19.1. The van der Waals surface area contributed by atoms with Gasteiger partial charge in [0.1, 0.15) is 11.6 Å². The lowest BCUT2D eigenvalue weighted by Gasteiger charge is -2.19. The molecule has 1 amide bonds. The molecule has 0 spiro atoms. The minimum absolute atomic E-state index is 0.335. The first-order chi connectivity index (χ1) is 12.6. The van der Waals surface area contributed by atoms with Gasteiger partial charge in [-0.05, 0) is 44.2 Å². The molecule has 0 bridgehead atoms. The van der Waals surface area contributed by atoms with Gasteiger partial charge in [0.05, 0.1) is 17.6 Å². The molecule has 0 fully saturated rings. The van der Waals surface area contributed by atoms with Gasteiger partial charge in [0.2, 0.25) is 0 Å². The summed E-state index contributed by atoms with van der Waals surface area (Å²) in [7, 11) is 0. The molecule has 3 rings (SSSR count). The fourth-order valence-corrected chi connectivity index (χ4v) is 2.65. The van der Waals surface area contributed by atoms with Crippen molar-refractivity contribution in [1.82, 2.24) is 14.5 Å². The van der Waals surface area contributed by atoms with Crippen LogP contribution in [0.15, 0.2) is 55.2 Å². The molecule has 3 aromatic rings. The Morgan fingerprint density at radius 1 is 1.23 bits per heavy atom. The Morgan fingerprint density at radius 2 is 2.04 bits per heavy atom. The fourth-order valence-electron chi connectivity index (χ4n) is 2.65. The number of nitrogens with one attached hydrogen (secondary N) is 1.